The van der Waals surface area contributed by atoms with Gasteiger partial charge in [0.05, 0.1) is 7.11 Å². The number of carbonyl (C=O) groups excluding carboxylic acids is 1. The molecule has 21 heavy (non-hydrogen) atoms. The molecule has 1 amide bonds. The van der Waals surface area contributed by atoms with Crippen LogP contribution in [-0.4, -0.2) is 29.0 Å². The number of nitrogens with one attached hydrogen (secondary N) is 1. The Morgan fingerprint density at radius 1 is 1.33 bits per heavy atom. The van der Waals surface area contributed by atoms with Gasteiger partial charge in [0, 0.05) is 11.3 Å². The number of carbonyl (C=O) groups is 1. The number of amides is 1. The van der Waals surface area contributed by atoms with Crippen molar-refractivity contribution in [3.8, 4) is 5.75 Å². The normalized spacial score (nSPS) is 10.4. The average Bonchev–Trinajstić information content (AvgIpc) is 2.95. The summed E-state index contributed by atoms with van der Waals surface area (Å²) in [6.45, 7) is 2.15. The van der Waals surface area contributed by atoms with Crippen LogP contribution in [-0.2, 0) is 0 Å². The van der Waals surface area contributed by atoms with Crippen molar-refractivity contribution in [3.05, 3.63) is 29.8 Å². The van der Waals surface area contributed by atoms with Crippen molar-refractivity contribution in [3.63, 3.8) is 0 Å². The predicted octanol–water partition coefficient (Wildman–Crippen LogP) is 3.69. The van der Waals surface area contributed by atoms with Crippen LogP contribution >= 0.6 is 23.1 Å². The standard InChI is InChI=1S/C14H17N3O2S2/c1-3-4-9-20-14-17-16-13(21-14)15-12(18)10-5-7-11(19-2)8-6-10/h5-8H,3-4,9H2,1-2H3,(H,15,16,18). The van der Waals surface area contributed by atoms with Crippen LogP contribution in [0.15, 0.2) is 28.6 Å². The smallest absolute Gasteiger partial charge is 0.257 e. The van der Waals surface area contributed by atoms with Crippen LogP contribution in [0.3, 0.4) is 0 Å². The van der Waals surface area contributed by atoms with Crippen LogP contribution in [0, 0.1) is 0 Å². The van der Waals surface area contributed by atoms with Gasteiger partial charge in [-0.3, -0.25) is 10.1 Å². The van der Waals surface area contributed by atoms with Crippen molar-refractivity contribution in [1.82, 2.24) is 10.2 Å². The molecule has 0 aliphatic rings. The summed E-state index contributed by atoms with van der Waals surface area (Å²) in [6, 6.07) is 6.93. The van der Waals surface area contributed by atoms with Crippen molar-refractivity contribution in [2.45, 2.75) is 24.1 Å². The van der Waals surface area contributed by atoms with Crippen LogP contribution in [0.25, 0.3) is 0 Å². The summed E-state index contributed by atoms with van der Waals surface area (Å²) in [5.74, 6) is 1.55. The molecule has 0 saturated carbocycles. The minimum absolute atomic E-state index is 0.195. The van der Waals surface area contributed by atoms with Gasteiger partial charge in [-0.2, -0.15) is 0 Å². The number of benzene rings is 1. The van der Waals surface area contributed by atoms with Gasteiger partial charge in [-0.15, -0.1) is 10.2 Å². The highest BCUT2D eigenvalue weighted by molar-refractivity contribution is 8.01. The lowest BCUT2D eigenvalue weighted by molar-refractivity contribution is 0.102. The maximum absolute atomic E-state index is 12.1. The minimum Gasteiger partial charge on any atom is -0.497 e. The summed E-state index contributed by atoms with van der Waals surface area (Å²) in [7, 11) is 1.59. The Morgan fingerprint density at radius 2 is 2.10 bits per heavy atom. The fourth-order valence-electron chi connectivity index (χ4n) is 1.53. The fraction of sp³-hybridized carbons (Fsp3) is 0.357. The second-order valence-electron chi connectivity index (χ2n) is 4.26. The summed E-state index contributed by atoms with van der Waals surface area (Å²) >= 11 is 3.07. The van der Waals surface area contributed by atoms with E-state index in [1.54, 1.807) is 43.1 Å². The van der Waals surface area contributed by atoms with E-state index in [1.807, 2.05) is 0 Å². The van der Waals surface area contributed by atoms with E-state index in [4.69, 9.17) is 4.74 Å². The summed E-state index contributed by atoms with van der Waals surface area (Å²) in [5.41, 5.74) is 0.561. The second kappa shape index (κ2) is 7.99. The Balaban J connectivity index is 1.92. The first-order valence-electron chi connectivity index (χ1n) is 6.64. The van der Waals surface area contributed by atoms with Crippen molar-refractivity contribution in [1.29, 1.82) is 0 Å². The molecule has 0 spiro atoms. The maximum atomic E-state index is 12.1. The molecule has 5 nitrogen and oxygen atoms in total. The molecule has 7 heteroatoms. The van der Waals surface area contributed by atoms with Crippen LogP contribution in [0.2, 0.25) is 0 Å². The lowest BCUT2D eigenvalue weighted by atomic mass is 10.2. The second-order valence-corrected chi connectivity index (χ2v) is 6.58. The molecule has 0 atom stereocenters. The molecule has 1 N–H and O–H groups in total. The number of thioether (sulfide) groups is 1. The van der Waals surface area contributed by atoms with E-state index >= 15 is 0 Å². The molecule has 2 aromatic rings. The maximum Gasteiger partial charge on any atom is 0.257 e. The van der Waals surface area contributed by atoms with E-state index in [0.717, 1.165) is 28.7 Å². The Kier molecular flexibility index (Phi) is 6.01. The number of rotatable bonds is 7. The molecule has 1 heterocycles. The monoisotopic (exact) mass is 323 g/mol. The number of methoxy groups -OCH3 is 1. The third kappa shape index (κ3) is 4.71. The average molecular weight is 323 g/mol. The molecule has 0 unspecified atom stereocenters. The van der Waals surface area contributed by atoms with Gasteiger partial charge in [0.15, 0.2) is 4.34 Å². The predicted molar refractivity (Wildman–Crippen MR) is 86.5 cm³/mol. The van der Waals surface area contributed by atoms with Gasteiger partial charge < -0.3 is 4.74 Å². The number of anilines is 1. The number of ether oxygens (including phenoxy) is 1. The van der Waals surface area contributed by atoms with Crippen LogP contribution < -0.4 is 10.1 Å². The molecule has 0 saturated heterocycles. The quantitative estimate of drug-likeness (QED) is 0.478. The Bertz CT molecular complexity index is 584. The minimum atomic E-state index is -0.195. The van der Waals surface area contributed by atoms with Gasteiger partial charge in [0.1, 0.15) is 5.75 Å². The third-order valence-electron chi connectivity index (χ3n) is 2.70. The van der Waals surface area contributed by atoms with E-state index in [9.17, 15) is 4.79 Å². The van der Waals surface area contributed by atoms with E-state index < -0.39 is 0 Å². The zero-order valence-electron chi connectivity index (χ0n) is 12.0. The molecular weight excluding hydrogens is 306 g/mol. The molecule has 0 aliphatic carbocycles. The summed E-state index contributed by atoms with van der Waals surface area (Å²) in [4.78, 5) is 12.1. The van der Waals surface area contributed by atoms with E-state index in [2.05, 4.69) is 22.4 Å². The van der Waals surface area contributed by atoms with Crippen molar-refractivity contribution < 1.29 is 9.53 Å². The zero-order chi connectivity index (χ0) is 15.1. The Hall–Kier alpha value is -1.60. The molecule has 1 aromatic carbocycles. The number of hydrogen-bond donors (Lipinski definition) is 1. The lowest BCUT2D eigenvalue weighted by Crippen LogP contribution is -2.11. The van der Waals surface area contributed by atoms with Gasteiger partial charge in [0.2, 0.25) is 5.13 Å². The first-order valence-corrected chi connectivity index (χ1v) is 8.45. The SMILES string of the molecule is CCCCSc1nnc(NC(=O)c2ccc(OC)cc2)s1. The van der Waals surface area contributed by atoms with Crippen LogP contribution in [0.4, 0.5) is 5.13 Å². The molecule has 0 fully saturated rings. The van der Waals surface area contributed by atoms with Crippen LogP contribution in [0.1, 0.15) is 30.1 Å². The molecule has 112 valence electrons. The molecule has 1 aromatic heterocycles. The Morgan fingerprint density at radius 3 is 2.76 bits per heavy atom. The topological polar surface area (TPSA) is 64.1 Å². The van der Waals surface area contributed by atoms with Crippen LogP contribution in [0.5, 0.6) is 5.75 Å². The van der Waals surface area contributed by atoms with Gasteiger partial charge in [-0.1, -0.05) is 36.4 Å². The van der Waals surface area contributed by atoms with Crippen molar-refractivity contribution in [2.24, 2.45) is 0 Å². The first kappa shape index (κ1) is 15.8. The van der Waals surface area contributed by atoms with E-state index in [1.165, 1.54) is 11.3 Å². The molecule has 2 rings (SSSR count). The summed E-state index contributed by atoms with van der Waals surface area (Å²) < 4.78 is 5.95. The number of unbranched alkanes of at least 4 members (excludes halogenated alkanes) is 1. The van der Waals surface area contributed by atoms with Gasteiger partial charge in [0.25, 0.3) is 5.91 Å². The first-order chi connectivity index (χ1) is 10.2. The van der Waals surface area contributed by atoms with Gasteiger partial charge in [-0.05, 0) is 30.7 Å². The highest BCUT2D eigenvalue weighted by Crippen LogP contribution is 2.26. The summed E-state index contributed by atoms with van der Waals surface area (Å²) in [5, 5.41) is 11.3. The van der Waals surface area contributed by atoms with E-state index in [0.29, 0.717) is 10.7 Å². The largest absolute Gasteiger partial charge is 0.497 e. The highest BCUT2D eigenvalue weighted by atomic mass is 32.2. The third-order valence-corrected chi connectivity index (χ3v) is 4.76. The van der Waals surface area contributed by atoms with E-state index in [-0.39, 0.29) is 5.91 Å². The molecular formula is C14H17N3O2S2. The lowest BCUT2D eigenvalue weighted by Gasteiger charge is -2.02. The molecule has 0 aliphatic heterocycles. The number of nitrogens with zero attached hydrogens (tertiary/aromatic N) is 2. The van der Waals surface area contributed by atoms with Gasteiger partial charge >= 0.3 is 0 Å². The number of aromatic nitrogens is 2. The van der Waals surface area contributed by atoms with Gasteiger partial charge in [-0.25, -0.2) is 0 Å². The zero-order valence-corrected chi connectivity index (χ0v) is 13.6. The molecule has 0 bridgehead atoms. The Labute approximate surface area is 132 Å². The molecule has 0 radical (unpaired) electrons. The number of hydrogen-bond acceptors (Lipinski definition) is 6. The highest BCUT2D eigenvalue weighted by Gasteiger charge is 2.10. The van der Waals surface area contributed by atoms with Crippen molar-refractivity contribution in [2.75, 3.05) is 18.2 Å². The fourth-order valence-corrected chi connectivity index (χ4v) is 3.44. The summed E-state index contributed by atoms with van der Waals surface area (Å²) in [6.07, 6.45) is 2.31. The van der Waals surface area contributed by atoms with Crippen molar-refractivity contribution >= 4 is 34.1 Å².